The van der Waals surface area contributed by atoms with E-state index in [2.05, 4.69) is 36.6 Å². The molecule has 2 aliphatic rings. The highest BCUT2D eigenvalue weighted by Crippen LogP contribution is 2.39. The first-order valence-electron chi connectivity index (χ1n) is 13.9. The molecule has 242 valence electrons. The summed E-state index contributed by atoms with van der Waals surface area (Å²) >= 11 is 3.08. The van der Waals surface area contributed by atoms with E-state index in [1.54, 1.807) is 24.3 Å². The summed E-state index contributed by atoms with van der Waals surface area (Å²) in [4.78, 5) is 57.6. The first-order chi connectivity index (χ1) is 21.0. The predicted octanol–water partition coefficient (Wildman–Crippen LogP) is 3.67. The van der Waals surface area contributed by atoms with E-state index in [0.717, 1.165) is 0 Å². The number of hydrogen-bond acceptors (Lipinski definition) is 6. The summed E-state index contributed by atoms with van der Waals surface area (Å²) in [5.41, 5.74) is -2.15. The van der Waals surface area contributed by atoms with Crippen LogP contribution in [-0.2, 0) is 27.2 Å². The summed E-state index contributed by atoms with van der Waals surface area (Å²) in [5, 5.41) is 18.2. The number of carboxylic acid groups (broad SMARTS) is 1. The Hall–Kier alpha value is -4.08. The number of fused-ring (bicyclic) bond motifs is 1. The number of aromatic nitrogens is 1. The highest BCUT2D eigenvalue weighted by molar-refractivity contribution is 9.10. The third kappa shape index (κ3) is 7.96. The van der Waals surface area contributed by atoms with Crippen molar-refractivity contribution in [2.24, 2.45) is 10.5 Å². The number of hydrogen-bond donors (Lipinski definition) is 3. The minimum Gasteiger partial charge on any atom is -0.465 e. The van der Waals surface area contributed by atoms with E-state index in [1.165, 1.54) is 37.1 Å². The molecule has 3 N–H and O–H groups in total. The number of halogens is 5. The fourth-order valence-electron chi connectivity index (χ4n) is 5.41. The lowest BCUT2D eigenvalue weighted by molar-refractivity contribution is -0.164. The van der Waals surface area contributed by atoms with Gasteiger partial charge in [0.05, 0.1) is 10.2 Å². The van der Waals surface area contributed by atoms with Gasteiger partial charge in [-0.15, -0.1) is 0 Å². The maximum Gasteiger partial charge on any atom is 0.408 e. The van der Waals surface area contributed by atoms with Crippen LogP contribution < -0.4 is 10.6 Å². The third-order valence-electron chi connectivity index (χ3n) is 7.66. The van der Waals surface area contributed by atoms with E-state index in [-0.39, 0.29) is 49.0 Å². The largest absolute Gasteiger partial charge is 0.465 e. The summed E-state index contributed by atoms with van der Waals surface area (Å²) in [5.74, 6) is -2.92. The molecule has 0 aliphatic carbocycles. The summed E-state index contributed by atoms with van der Waals surface area (Å²) in [6.45, 7) is 0.677. The molecule has 1 aromatic carbocycles. The second kappa shape index (κ2) is 13.1. The summed E-state index contributed by atoms with van der Waals surface area (Å²) in [6.07, 6.45) is -4.74. The van der Waals surface area contributed by atoms with Gasteiger partial charge in [-0.1, -0.05) is 12.1 Å². The Morgan fingerprint density at radius 1 is 1.18 bits per heavy atom. The summed E-state index contributed by atoms with van der Waals surface area (Å²) in [7, 11) is 0. The molecule has 1 aromatic heterocycles. The first kappa shape index (κ1) is 33.8. The summed E-state index contributed by atoms with van der Waals surface area (Å²) < 4.78 is 54.4. The number of hydrazone groups is 1. The molecule has 1 fully saturated rings. The number of benzene rings is 1. The Kier molecular flexibility index (Phi) is 9.85. The van der Waals surface area contributed by atoms with E-state index in [4.69, 9.17) is 0 Å². The van der Waals surface area contributed by atoms with E-state index >= 15 is 0 Å². The number of piperidine rings is 1. The zero-order valence-corrected chi connectivity index (χ0v) is 25.9. The van der Waals surface area contributed by atoms with Crippen molar-refractivity contribution in [3.05, 3.63) is 64.1 Å². The van der Waals surface area contributed by atoms with Crippen molar-refractivity contribution in [2.45, 2.75) is 57.3 Å². The van der Waals surface area contributed by atoms with Crippen molar-refractivity contribution >= 4 is 45.5 Å². The van der Waals surface area contributed by atoms with E-state index in [0.29, 0.717) is 16.3 Å². The third-order valence-corrected chi connectivity index (χ3v) is 8.31. The Morgan fingerprint density at radius 2 is 1.91 bits per heavy atom. The van der Waals surface area contributed by atoms with Crippen LogP contribution in [0.15, 0.2) is 52.2 Å². The lowest BCUT2D eigenvalue weighted by Crippen LogP contribution is -2.62. The van der Waals surface area contributed by atoms with Crippen molar-refractivity contribution in [3.63, 3.8) is 0 Å². The maximum atomic E-state index is 14.2. The number of nitrogens with zero attached hydrogens (tertiary/aromatic N) is 4. The normalized spacial score (nSPS) is 19.1. The van der Waals surface area contributed by atoms with Crippen molar-refractivity contribution in [2.75, 3.05) is 19.6 Å². The van der Waals surface area contributed by atoms with Crippen LogP contribution in [0.4, 0.5) is 22.4 Å². The summed E-state index contributed by atoms with van der Waals surface area (Å²) in [6, 6.07) is 8.05. The van der Waals surface area contributed by atoms with Gasteiger partial charge in [0.2, 0.25) is 11.8 Å². The Bertz CT molecular complexity index is 1510. The topological polar surface area (TPSA) is 144 Å². The van der Waals surface area contributed by atoms with Gasteiger partial charge >= 0.3 is 12.3 Å². The number of pyridine rings is 1. The van der Waals surface area contributed by atoms with Crippen LogP contribution in [0.5, 0.6) is 0 Å². The van der Waals surface area contributed by atoms with Crippen LogP contribution >= 0.6 is 15.9 Å². The molecule has 1 saturated heterocycles. The molecule has 0 spiro atoms. The number of rotatable bonds is 10. The quantitative estimate of drug-likeness (QED) is 0.323. The van der Waals surface area contributed by atoms with Crippen LogP contribution in [0.2, 0.25) is 0 Å². The molecule has 1 unspecified atom stereocenters. The van der Waals surface area contributed by atoms with Crippen LogP contribution in [0.1, 0.15) is 37.9 Å². The Balaban J connectivity index is 1.64. The molecule has 2 atom stereocenters. The second-order valence-corrected chi connectivity index (χ2v) is 12.3. The zero-order valence-electron chi connectivity index (χ0n) is 24.3. The molecule has 16 heteroatoms. The Morgan fingerprint density at radius 3 is 2.53 bits per heavy atom. The molecule has 11 nitrogen and oxygen atoms in total. The standard InChI is InChI=1S/C29H31BrF4N6O5/c1-27(2,37-26(44)45)24(42)36-21(9-7-17-6-8-19(30)20(31)13-17)23(41)39-12-10-22-28(15-39,14-18-5-3-4-11-35-18)25(43)40(38-22)16-29(32,33)34/h3-6,8,11,13,21,37H,7,9-10,12,14-16H2,1-2H3,(H,36,42)(H,44,45)/t21?,28-/m1/s1. The lowest BCUT2D eigenvalue weighted by Gasteiger charge is -2.41. The molecule has 4 amide bonds. The molecule has 0 saturated carbocycles. The number of likely N-dealkylation sites (tertiary alicyclic amines) is 1. The lowest BCUT2D eigenvalue weighted by atomic mass is 9.74. The average molecular weight is 700 g/mol. The van der Waals surface area contributed by atoms with Crippen LogP contribution in [0.3, 0.4) is 0 Å². The Labute approximate surface area is 264 Å². The van der Waals surface area contributed by atoms with Gasteiger partial charge < -0.3 is 20.6 Å². The minimum absolute atomic E-state index is 0.00910. The van der Waals surface area contributed by atoms with Gasteiger partial charge in [0.15, 0.2) is 0 Å². The van der Waals surface area contributed by atoms with E-state index in [9.17, 15) is 41.8 Å². The molecule has 45 heavy (non-hydrogen) atoms. The molecule has 2 aromatic rings. The van der Waals surface area contributed by atoms with Gasteiger partial charge in [0, 0.05) is 37.8 Å². The highest BCUT2D eigenvalue weighted by Gasteiger charge is 2.56. The zero-order chi connectivity index (χ0) is 33.2. The minimum atomic E-state index is -4.71. The number of alkyl halides is 3. The predicted molar refractivity (Wildman–Crippen MR) is 156 cm³/mol. The molecule has 4 rings (SSSR count). The van der Waals surface area contributed by atoms with Gasteiger partial charge in [-0.2, -0.15) is 18.3 Å². The fraction of sp³-hybridized carbons (Fsp3) is 0.448. The smallest absolute Gasteiger partial charge is 0.408 e. The molecule has 0 radical (unpaired) electrons. The first-order valence-corrected chi connectivity index (χ1v) is 14.7. The highest BCUT2D eigenvalue weighted by atomic mass is 79.9. The molecular weight excluding hydrogens is 668 g/mol. The van der Waals surface area contributed by atoms with E-state index < -0.39 is 59.3 Å². The average Bonchev–Trinajstić information content (AvgIpc) is 3.20. The number of aryl methyl sites for hydroxylation is 1. The van der Waals surface area contributed by atoms with Crippen molar-refractivity contribution in [3.8, 4) is 0 Å². The SMILES string of the molecule is CC(C)(NC(=O)O)C(=O)NC(CCc1ccc(Br)c(F)c1)C(=O)N1CCC2=NN(CC(F)(F)F)C(=O)[C@]2(Cc2ccccn2)C1. The van der Waals surface area contributed by atoms with Crippen LogP contribution in [-0.4, -0.2) is 86.9 Å². The number of carbonyl (C=O) groups is 4. The second-order valence-electron chi connectivity index (χ2n) is 11.5. The monoisotopic (exact) mass is 698 g/mol. The molecule has 3 heterocycles. The number of nitrogens with one attached hydrogen (secondary N) is 2. The van der Waals surface area contributed by atoms with Crippen molar-refractivity contribution in [1.82, 2.24) is 25.5 Å². The van der Waals surface area contributed by atoms with Crippen molar-refractivity contribution in [1.29, 1.82) is 0 Å². The van der Waals surface area contributed by atoms with Gasteiger partial charge in [-0.3, -0.25) is 19.4 Å². The van der Waals surface area contributed by atoms with Crippen LogP contribution in [0.25, 0.3) is 0 Å². The maximum absolute atomic E-state index is 14.2. The van der Waals surface area contributed by atoms with E-state index in [1.807, 2.05) is 0 Å². The van der Waals surface area contributed by atoms with Gasteiger partial charge in [-0.25, -0.2) is 14.2 Å². The van der Waals surface area contributed by atoms with Crippen molar-refractivity contribution < 1.29 is 41.8 Å². The molecular formula is C29H31BrF4N6O5. The van der Waals surface area contributed by atoms with Gasteiger partial charge in [0.25, 0.3) is 5.91 Å². The van der Waals surface area contributed by atoms with Gasteiger partial charge in [-0.05, 0) is 72.4 Å². The number of carbonyl (C=O) groups excluding carboxylic acids is 3. The molecule has 0 bridgehead atoms. The number of amides is 4. The van der Waals surface area contributed by atoms with Crippen LogP contribution in [0, 0.1) is 11.2 Å². The fourth-order valence-corrected chi connectivity index (χ4v) is 5.66. The molecule has 2 aliphatic heterocycles. The van der Waals surface area contributed by atoms with Gasteiger partial charge in [0.1, 0.15) is 29.4 Å².